The first-order valence-electron chi connectivity index (χ1n) is 17.7. The van der Waals surface area contributed by atoms with Crippen LogP contribution in [0.4, 0.5) is 15.8 Å². The molecule has 4 aromatic carbocycles. The second-order valence-electron chi connectivity index (χ2n) is 14.1. The number of allylic oxidation sites excluding steroid dienone is 2. The molecule has 274 valence electrons. The fourth-order valence-corrected chi connectivity index (χ4v) is 9.18. The molecule has 12 heteroatoms. The second-order valence-corrected chi connectivity index (χ2v) is 14.6. The fourth-order valence-electron chi connectivity index (χ4n) is 9.05. The number of aliphatic hydroxyl groups is 1. The van der Waals surface area contributed by atoms with E-state index < -0.39 is 58.5 Å². The number of carbonyl (C=O) groups is 5. The second kappa shape index (κ2) is 13.6. The summed E-state index contributed by atoms with van der Waals surface area (Å²) in [6.45, 7) is 1.34. The third kappa shape index (κ3) is 5.53. The molecule has 6 atom stereocenters. The van der Waals surface area contributed by atoms with Crippen LogP contribution in [-0.2, 0) is 24.6 Å². The first-order chi connectivity index (χ1) is 26.0. The van der Waals surface area contributed by atoms with E-state index in [0.717, 1.165) is 10.6 Å². The largest absolute Gasteiger partial charge is 0.491 e. The Hall–Kier alpha value is -5.65. The first kappa shape index (κ1) is 35.4. The number of ether oxygens (including phenoxy) is 1. The Morgan fingerprint density at radius 3 is 2.22 bits per heavy atom. The van der Waals surface area contributed by atoms with Gasteiger partial charge in [0.2, 0.25) is 11.8 Å². The molecule has 8 rings (SSSR count). The Morgan fingerprint density at radius 1 is 0.889 bits per heavy atom. The zero-order valence-electron chi connectivity index (χ0n) is 29.1. The zero-order valence-corrected chi connectivity index (χ0v) is 29.8. The number of Topliss-reactive ketones (excluding diaryl/α,β-unsaturated/α-hetero) is 1. The SMILES string of the molecule is CC(=O)c1ccc(N2C(=O)C3CC=C4C(CC5C(=O)N(Nc6ccc(F)cc6)C(=O)C5(c5ccc(Cl)cc5)C4c4ccc(OCCO)cc4)C3C2=O)cc1. The molecule has 4 aromatic rings. The lowest BCUT2D eigenvalue weighted by Gasteiger charge is -2.50. The molecule has 0 radical (unpaired) electrons. The van der Waals surface area contributed by atoms with Crippen molar-refractivity contribution in [3.63, 3.8) is 0 Å². The minimum Gasteiger partial charge on any atom is -0.491 e. The topological polar surface area (TPSA) is 133 Å². The number of fused-ring (bicyclic) bond motifs is 4. The lowest BCUT2D eigenvalue weighted by atomic mass is 9.49. The number of hydrogen-bond acceptors (Lipinski definition) is 8. The molecule has 4 aliphatic rings. The van der Waals surface area contributed by atoms with Gasteiger partial charge in [0.15, 0.2) is 5.78 Å². The molecule has 0 aromatic heterocycles. The molecule has 0 bridgehead atoms. The van der Waals surface area contributed by atoms with Crippen molar-refractivity contribution in [3.8, 4) is 5.75 Å². The Balaban J connectivity index is 1.28. The van der Waals surface area contributed by atoms with Crippen molar-refractivity contribution in [2.75, 3.05) is 23.5 Å². The van der Waals surface area contributed by atoms with E-state index in [4.69, 9.17) is 16.3 Å². The lowest BCUT2D eigenvalue weighted by molar-refractivity contribution is -0.138. The number of hydrogen-bond donors (Lipinski definition) is 2. The van der Waals surface area contributed by atoms with Crippen LogP contribution in [0.5, 0.6) is 5.75 Å². The number of carbonyl (C=O) groups excluding carboxylic acids is 5. The zero-order chi connectivity index (χ0) is 37.9. The summed E-state index contributed by atoms with van der Waals surface area (Å²) in [6, 6.07) is 25.6. The Kier molecular flexibility index (Phi) is 8.94. The van der Waals surface area contributed by atoms with Crippen LogP contribution in [-0.4, -0.2) is 52.7 Å². The van der Waals surface area contributed by atoms with Crippen LogP contribution in [0.15, 0.2) is 109 Å². The van der Waals surface area contributed by atoms with Crippen molar-refractivity contribution in [2.45, 2.75) is 31.1 Å². The van der Waals surface area contributed by atoms with E-state index >= 15 is 4.79 Å². The number of halogens is 2. The third-order valence-electron chi connectivity index (χ3n) is 11.4. The Labute approximate surface area is 315 Å². The van der Waals surface area contributed by atoms with Crippen LogP contribution in [0.2, 0.25) is 5.02 Å². The highest BCUT2D eigenvalue weighted by atomic mass is 35.5. The molecule has 10 nitrogen and oxygen atoms in total. The molecule has 3 fully saturated rings. The standard InChI is InChI=1S/C42H35ClFN3O7/c1-23(49)24-2-14-30(15-3-24)46-38(50)33-19-18-32-34(36(33)40(46)52)22-35-39(51)47(45-29-12-10-28(44)11-13-29)41(53)42(35,26-6-8-27(43)9-7-26)37(32)25-4-16-31(17-5-25)54-21-20-48/h2-18,33-37,45,48H,19-22H2,1H3. The van der Waals surface area contributed by atoms with E-state index in [0.29, 0.717) is 38.8 Å². The molecule has 6 unspecified atom stereocenters. The Morgan fingerprint density at radius 2 is 1.57 bits per heavy atom. The number of imide groups is 2. The van der Waals surface area contributed by atoms with E-state index in [1.165, 1.54) is 36.1 Å². The van der Waals surface area contributed by atoms with Gasteiger partial charge in [-0.05, 0) is 110 Å². The summed E-state index contributed by atoms with van der Waals surface area (Å²) in [5, 5.41) is 10.8. The Bertz CT molecular complexity index is 2210. The van der Waals surface area contributed by atoms with Crippen molar-refractivity contribution in [1.29, 1.82) is 0 Å². The first-order valence-corrected chi connectivity index (χ1v) is 18.1. The van der Waals surface area contributed by atoms with Crippen LogP contribution >= 0.6 is 11.6 Å². The number of rotatable bonds is 9. The van der Waals surface area contributed by atoms with Gasteiger partial charge in [-0.25, -0.2) is 4.39 Å². The highest BCUT2D eigenvalue weighted by Gasteiger charge is 2.70. The lowest BCUT2D eigenvalue weighted by Crippen LogP contribution is -2.53. The molecule has 2 heterocycles. The van der Waals surface area contributed by atoms with E-state index in [1.807, 2.05) is 18.2 Å². The van der Waals surface area contributed by atoms with Gasteiger partial charge in [0.25, 0.3) is 11.8 Å². The van der Waals surface area contributed by atoms with Gasteiger partial charge >= 0.3 is 0 Å². The van der Waals surface area contributed by atoms with Crippen molar-refractivity contribution in [1.82, 2.24) is 5.01 Å². The predicted octanol–water partition coefficient (Wildman–Crippen LogP) is 6.24. The van der Waals surface area contributed by atoms with Gasteiger partial charge in [-0.1, -0.05) is 47.5 Å². The summed E-state index contributed by atoms with van der Waals surface area (Å²) in [6.07, 6.45) is 2.28. The smallest absolute Gasteiger partial charge is 0.260 e. The molecular formula is C42H35ClFN3O7. The van der Waals surface area contributed by atoms with Gasteiger partial charge in [0.1, 0.15) is 18.2 Å². The van der Waals surface area contributed by atoms with E-state index in [1.54, 1.807) is 60.7 Å². The average molecular weight is 748 g/mol. The number of nitrogens with zero attached hydrogens (tertiary/aromatic N) is 2. The highest BCUT2D eigenvalue weighted by Crippen LogP contribution is 2.64. The number of hydrazine groups is 1. The van der Waals surface area contributed by atoms with Gasteiger partial charge in [-0.2, -0.15) is 5.01 Å². The molecule has 2 saturated heterocycles. The van der Waals surface area contributed by atoms with Crippen LogP contribution in [0.25, 0.3) is 0 Å². The molecule has 2 aliphatic heterocycles. The van der Waals surface area contributed by atoms with E-state index in [2.05, 4.69) is 5.43 Å². The molecule has 2 aliphatic carbocycles. The van der Waals surface area contributed by atoms with Gasteiger partial charge < -0.3 is 9.84 Å². The fraction of sp³-hybridized carbons (Fsp3) is 0.262. The number of amides is 4. The maximum Gasteiger partial charge on any atom is 0.260 e. The van der Waals surface area contributed by atoms with Gasteiger partial charge in [-0.3, -0.25) is 34.3 Å². The number of aliphatic hydroxyl groups excluding tert-OH is 1. The monoisotopic (exact) mass is 747 g/mol. The summed E-state index contributed by atoms with van der Waals surface area (Å²) in [4.78, 5) is 71.8. The minimum atomic E-state index is -1.52. The maximum atomic E-state index is 15.3. The third-order valence-corrected chi connectivity index (χ3v) is 11.6. The predicted molar refractivity (Wildman–Crippen MR) is 197 cm³/mol. The number of ketones is 1. The summed E-state index contributed by atoms with van der Waals surface area (Å²) < 4.78 is 19.5. The van der Waals surface area contributed by atoms with Gasteiger partial charge in [0, 0.05) is 16.5 Å². The van der Waals surface area contributed by atoms with E-state index in [-0.39, 0.29) is 37.7 Å². The normalized spacial score (nSPS) is 25.9. The van der Waals surface area contributed by atoms with Crippen LogP contribution < -0.4 is 15.1 Å². The summed E-state index contributed by atoms with van der Waals surface area (Å²) in [7, 11) is 0. The minimum absolute atomic E-state index is 0.0803. The van der Waals surface area contributed by atoms with Crippen molar-refractivity contribution in [3.05, 3.63) is 136 Å². The number of benzene rings is 4. The molecule has 1 saturated carbocycles. The summed E-state index contributed by atoms with van der Waals surface area (Å²) in [5.74, 6) is -5.84. The maximum absolute atomic E-state index is 15.3. The van der Waals surface area contributed by atoms with Crippen LogP contribution in [0.3, 0.4) is 0 Å². The van der Waals surface area contributed by atoms with E-state index in [9.17, 15) is 28.7 Å². The molecular weight excluding hydrogens is 713 g/mol. The van der Waals surface area contributed by atoms with Crippen LogP contribution in [0, 0.1) is 29.5 Å². The number of nitrogens with one attached hydrogen (secondary N) is 1. The van der Waals surface area contributed by atoms with Crippen molar-refractivity contribution < 1.29 is 38.2 Å². The molecule has 0 spiro atoms. The molecule has 4 amide bonds. The van der Waals surface area contributed by atoms with Crippen molar-refractivity contribution >= 4 is 52.4 Å². The summed E-state index contributed by atoms with van der Waals surface area (Å²) in [5.41, 5.74) is 4.55. The van der Waals surface area contributed by atoms with Crippen molar-refractivity contribution in [2.24, 2.45) is 23.7 Å². The summed E-state index contributed by atoms with van der Waals surface area (Å²) >= 11 is 6.37. The quantitative estimate of drug-likeness (QED) is 0.117. The molecule has 2 N–H and O–H groups in total. The average Bonchev–Trinajstić information content (AvgIpc) is 3.56. The van der Waals surface area contributed by atoms with Gasteiger partial charge in [0.05, 0.1) is 41.2 Å². The number of anilines is 2. The molecule has 54 heavy (non-hydrogen) atoms. The highest BCUT2D eigenvalue weighted by molar-refractivity contribution is 6.30. The van der Waals surface area contributed by atoms with Gasteiger partial charge in [-0.15, -0.1) is 0 Å². The van der Waals surface area contributed by atoms with Crippen LogP contribution in [0.1, 0.15) is 47.2 Å².